The van der Waals surface area contributed by atoms with Crippen molar-refractivity contribution in [1.29, 1.82) is 0 Å². The molecule has 0 aromatic rings. The quantitative estimate of drug-likeness (QED) is 0.643. The lowest BCUT2D eigenvalue weighted by Gasteiger charge is -2.37. The molecule has 2 nitrogen and oxygen atoms in total. The highest BCUT2D eigenvalue weighted by Crippen LogP contribution is 2.59. The Kier molecular flexibility index (Phi) is 3.10. The Bertz CT molecular complexity index is 249. The number of fused-ring (bicyclic) bond motifs is 1. The van der Waals surface area contributed by atoms with Gasteiger partial charge in [-0.3, -0.25) is 0 Å². The summed E-state index contributed by atoms with van der Waals surface area (Å²) < 4.78 is 0. The van der Waals surface area contributed by atoms with Gasteiger partial charge in [0, 0.05) is 0 Å². The van der Waals surface area contributed by atoms with Gasteiger partial charge >= 0.3 is 0 Å². The highest BCUT2D eigenvalue weighted by molar-refractivity contribution is 7.95. The first kappa shape index (κ1) is 12.1. The number of hydrogen-bond acceptors (Lipinski definition) is 2. The van der Waals surface area contributed by atoms with Crippen LogP contribution in [0.1, 0.15) is 40.0 Å². The van der Waals surface area contributed by atoms with Crippen LogP contribution in [0.15, 0.2) is 0 Å². The second kappa shape index (κ2) is 3.84. The normalized spacial score (nSPS) is 46.6. The van der Waals surface area contributed by atoms with Crippen molar-refractivity contribution in [3.05, 3.63) is 0 Å². The van der Waals surface area contributed by atoms with Crippen LogP contribution in [-0.4, -0.2) is 18.7 Å². The smallest absolute Gasteiger partial charge is 0.157 e. The Labute approximate surface area is 98.8 Å². The second-order valence-electron chi connectivity index (χ2n) is 6.24. The molecular weight excluding hydrogens is 227 g/mol. The second-order valence-corrected chi connectivity index (χ2v) is 10.6. The van der Waals surface area contributed by atoms with Gasteiger partial charge in [-0.05, 0) is 30.6 Å². The third kappa shape index (κ3) is 2.66. The molecule has 4 unspecified atom stereocenters. The van der Waals surface area contributed by atoms with Crippen LogP contribution in [0.2, 0.25) is 0 Å². The van der Waals surface area contributed by atoms with Crippen LogP contribution in [0, 0.1) is 11.3 Å². The molecule has 88 valence electrons. The van der Waals surface area contributed by atoms with Crippen LogP contribution in [0.3, 0.4) is 0 Å². The molecule has 4 atom stereocenters. The highest BCUT2D eigenvalue weighted by Gasteiger charge is 2.50. The Morgan fingerprint density at radius 3 is 2.33 bits per heavy atom. The van der Waals surface area contributed by atoms with E-state index >= 15 is 0 Å². The molecule has 0 aromatic heterocycles. The zero-order chi connectivity index (χ0) is 11.3. The van der Waals surface area contributed by atoms with Crippen LogP contribution >= 0.6 is 18.2 Å². The molecule has 2 fully saturated rings. The molecule has 2 N–H and O–H groups in total. The molecule has 1 saturated carbocycles. The fourth-order valence-corrected chi connectivity index (χ4v) is 5.58. The molecular formula is C11H23ClN2P+. The lowest BCUT2D eigenvalue weighted by atomic mass is 9.70. The molecule has 2 rings (SSSR count). The van der Waals surface area contributed by atoms with Crippen molar-refractivity contribution in [3.63, 3.8) is 0 Å². The molecule has 0 amide bonds. The summed E-state index contributed by atoms with van der Waals surface area (Å²) in [6, 6.07) is 1.23. The van der Waals surface area contributed by atoms with E-state index < -0.39 is 6.92 Å². The summed E-state index contributed by atoms with van der Waals surface area (Å²) in [5.41, 5.74) is 0.441. The van der Waals surface area contributed by atoms with Crippen molar-refractivity contribution in [2.75, 3.05) is 6.66 Å². The largest absolute Gasteiger partial charge is 0.246 e. The van der Waals surface area contributed by atoms with E-state index in [4.69, 9.17) is 11.2 Å². The first-order valence-corrected chi connectivity index (χ1v) is 9.04. The van der Waals surface area contributed by atoms with Gasteiger partial charge in [0.2, 0.25) is 6.92 Å². The van der Waals surface area contributed by atoms with Crippen LogP contribution in [0.25, 0.3) is 0 Å². The predicted molar refractivity (Wildman–Crippen MR) is 69.3 cm³/mol. The summed E-state index contributed by atoms with van der Waals surface area (Å²) in [6.45, 7) is 7.69. The third-order valence-corrected chi connectivity index (χ3v) is 6.11. The van der Waals surface area contributed by atoms with Crippen LogP contribution in [0.5, 0.6) is 0 Å². The third-order valence-electron chi connectivity index (χ3n) is 3.89. The summed E-state index contributed by atoms with van der Waals surface area (Å²) in [5, 5.41) is 7.17. The Morgan fingerprint density at radius 2 is 1.73 bits per heavy atom. The SMILES string of the molecule is CC(C)(C)C1CCC2N[P+](C)(Cl)NC2C1. The fourth-order valence-electron chi connectivity index (χ4n) is 2.91. The summed E-state index contributed by atoms with van der Waals surface area (Å²) in [5.74, 6) is 0.836. The van der Waals surface area contributed by atoms with E-state index in [0.717, 1.165) is 5.92 Å². The van der Waals surface area contributed by atoms with Gasteiger partial charge in [0.25, 0.3) is 0 Å². The van der Waals surface area contributed by atoms with Crippen molar-refractivity contribution in [2.24, 2.45) is 11.3 Å². The molecule has 0 spiro atoms. The van der Waals surface area contributed by atoms with Crippen molar-refractivity contribution in [2.45, 2.75) is 52.1 Å². The van der Waals surface area contributed by atoms with Gasteiger partial charge in [-0.25, -0.2) is 0 Å². The first-order chi connectivity index (χ1) is 6.78. The maximum Gasteiger partial charge on any atom is 0.246 e. The van der Waals surface area contributed by atoms with E-state index in [1.54, 1.807) is 0 Å². The van der Waals surface area contributed by atoms with E-state index in [0.29, 0.717) is 17.5 Å². The topological polar surface area (TPSA) is 24.1 Å². The van der Waals surface area contributed by atoms with Gasteiger partial charge in [-0.15, -0.1) is 0 Å². The molecule has 1 aliphatic heterocycles. The Morgan fingerprint density at radius 1 is 1.13 bits per heavy atom. The van der Waals surface area contributed by atoms with Gasteiger partial charge in [0.1, 0.15) is 11.2 Å². The lowest BCUT2D eigenvalue weighted by molar-refractivity contribution is 0.152. The minimum absolute atomic E-state index is 0.441. The van der Waals surface area contributed by atoms with Crippen molar-refractivity contribution >= 4 is 18.2 Å². The summed E-state index contributed by atoms with van der Waals surface area (Å²) >= 11 is 6.39. The maximum atomic E-state index is 6.39. The maximum absolute atomic E-state index is 6.39. The van der Waals surface area contributed by atoms with Gasteiger partial charge in [0.05, 0.1) is 18.7 Å². The molecule has 1 heterocycles. The molecule has 0 radical (unpaired) electrons. The van der Waals surface area contributed by atoms with Gasteiger partial charge in [-0.1, -0.05) is 20.8 Å². The minimum Gasteiger partial charge on any atom is -0.157 e. The molecule has 0 aromatic carbocycles. The monoisotopic (exact) mass is 249 g/mol. The summed E-state index contributed by atoms with van der Waals surface area (Å²) in [4.78, 5) is 0. The molecule has 1 saturated heterocycles. The van der Waals surface area contributed by atoms with Crippen LogP contribution in [0.4, 0.5) is 0 Å². The van der Waals surface area contributed by atoms with Crippen molar-refractivity contribution in [1.82, 2.24) is 10.2 Å². The van der Waals surface area contributed by atoms with Crippen LogP contribution in [-0.2, 0) is 0 Å². The van der Waals surface area contributed by atoms with E-state index in [-0.39, 0.29) is 0 Å². The van der Waals surface area contributed by atoms with Gasteiger partial charge in [0.15, 0.2) is 0 Å². The van der Waals surface area contributed by atoms with E-state index in [9.17, 15) is 0 Å². The fraction of sp³-hybridized carbons (Fsp3) is 1.00. The average Bonchev–Trinajstić information content (AvgIpc) is 2.34. The van der Waals surface area contributed by atoms with E-state index in [2.05, 4.69) is 37.6 Å². The molecule has 2 aliphatic rings. The number of halogens is 1. The zero-order valence-corrected chi connectivity index (χ0v) is 11.8. The standard InChI is InChI=1S/C11H23ClN2P/c1-11(2,3)8-5-6-9-10(7-8)14-15(4,12)13-9/h8-10,13-14H,5-7H2,1-4H3/q+1. The average molecular weight is 250 g/mol. The number of nitrogens with one attached hydrogen (secondary N) is 2. The molecule has 0 bridgehead atoms. The molecule has 15 heavy (non-hydrogen) atoms. The molecule has 1 aliphatic carbocycles. The first-order valence-electron chi connectivity index (χ1n) is 5.90. The summed E-state index contributed by atoms with van der Waals surface area (Å²) in [7, 11) is 0. The van der Waals surface area contributed by atoms with Crippen LogP contribution < -0.4 is 10.2 Å². The summed E-state index contributed by atoms with van der Waals surface area (Å²) in [6.07, 6.45) is 3.90. The molecule has 4 heteroatoms. The Balaban J connectivity index is 2.02. The lowest BCUT2D eigenvalue weighted by Crippen LogP contribution is -2.42. The predicted octanol–water partition coefficient (Wildman–Crippen LogP) is 3.39. The Hall–Kier alpha value is 0.640. The van der Waals surface area contributed by atoms with Gasteiger partial charge < -0.3 is 0 Å². The van der Waals surface area contributed by atoms with E-state index in [1.165, 1.54) is 19.3 Å². The number of hydrogen-bond donors (Lipinski definition) is 2. The van der Waals surface area contributed by atoms with Crippen molar-refractivity contribution < 1.29 is 0 Å². The number of rotatable bonds is 0. The minimum atomic E-state index is -1.51. The van der Waals surface area contributed by atoms with E-state index in [1.807, 2.05) is 0 Å². The highest BCUT2D eigenvalue weighted by atomic mass is 35.7. The van der Waals surface area contributed by atoms with Crippen molar-refractivity contribution in [3.8, 4) is 0 Å². The van der Waals surface area contributed by atoms with Gasteiger partial charge in [-0.2, -0.15) is 10.2 Å². The zero-order valence-electron chi connectivity index (χ0n) is 10.2.